The van der Waals surface area contributed by atoms with E-state index >= 15 is 0 Å². The third kappa shape index (κ3) is 3.02. The molecule has 0 saturated carbocycles. The maximum Gasteiger partial charge on any atom is 0.145 e. The maximum atomic E-state index is 13.8. The summed E-state index contributed by atoms with van der Waals surface area (Å²) in [6.07, 6.45) is 0.437. The zero-order valence-corrected chi connectivity index (χ0v) is 12.5. The lowest BCUT2D eigenvalue weighted by Gasteiger charge is -2.14. The third-order valence-corrected chi connectivity index (χ3v) is 4.05. The molecular weight excluding hydrogens is 364 g/mol. The second-order valence-electron chi connectivity index (χ2n) is 4.05. The molecule has 94 valence electrons. The average molecular weight is 376 g/mol. The van der Waals surface area contributed by atoms with Crippen LogP contribution in [0.15, 0.2) is 42.5 Å². The quantitative estimate of drug-likeness (QED) is 0.794. The van der Waals surface area contributed by atoms with Crippen LogP contribution in [-0.2, 0) is 6.42 Å². The van der Waals surface area contributed by atoms with Gasteiger partial charge < -0.3 is 5.73 Å². The Hall–Kier alpha value is -0.650. The van der Waals surface area contributed by atoms with Crippen LogP contribution in [0, 0.1) is 9.39 Å². The fourth-order valence-electron chi connectivity index (χ4n) is 1.83. The number of nitrogens with two attached hydrogens (primary N) is 1. The molecule has 0 aromatic heterocycles. The van der Waals surface area contributed by atoms with Gasteiger partial charge in [-0.25, -0.2) is 4.39 Å². The molecule has 2 rings (SSSR count). The van der Waals surface area contributed by atoms with E-state index in [2.05, 4.69) is 22.6 Å². The number of hydrogen-bond donors (Lipinski definition) is 1. The first-order valence-corrected chi connectivity index (χ1v) is 6.98. The molecule has 0 heterocycles. The molecule has 0 spiro atoms. The van der Waals surface area contributed by atoms with Crippen LogP contribution >= 0.6 is 34.2 Å². The summed E-state index contributed by atoms with van der Waals surface area (Å²) < 4.78 is 14.9. The van der Waals surface area contributed by atoms with Gasteiger partial charge in [0, 0.05) is 9.61 Å². The lowest BCUT2D eigenvalue weighted by molar-refractivity contribution is 0.593. The molecule has 0 saturated heterocycles. The molecule has 18 heavy (non-hydrogen) atoms. The van der Waals surface area contributed by atoms with Crippen LogP contribution in [0.2, 0.25) is 5.02 Å². The molecule has 1 nitrogen and oxygen atoms in total. The summed E-state index contributed by atoms with van der Waals surface area (Å²) in [7, 11) is 0. The Morgan fingerprint density at radius 1 is 1.17 bits per heavy atom. The highest BCUT2D eigenvalue weighted by atomic mass is 127. The molecule has 1 atom stereocenters. The topological polar surface area (TPSA) is 26.0 Å². The van der Waals surface area contributed by atoms with E-state index in [1.165, 1.54) is 6.07 Å². The van der Waals surface area contributed by atoms with Gasteiger partial charge in [-0.15, -0.1) is 0 Å². The van der Waals surface area contributed by atoms with Crippen molar-refractivity contribution in [2.24, 2.45) is 5.73 Å². The van der Waals surface area contributed by atoms with Gasteiger partial charge in [0.1, 0.15) is 5.82 Å². The minimum absolute atomic E-state index is 0.141. The third-order valence-electron chi connectivity index (χ3n) is 2.78. The van der Waals surface area contributed by atoms with E-state index in [1.54, 1.807) is 12.1 Å². The predicted molar refractivity (Wildman–Crippen MR) is 81.2 cm³/mol. The van der Waals surface area contributed by atoms with E-state index in [0.717, 1.165) is 9.13 Å². The molecule has 2 aromatic carbocycles. The second-order valence-corrected chi connectivity index (χ2v) is 5.61. The molecule has 2 N–H and O–H groups in total. The summed E-state index contributed by atoms with van der Waals surface area (Å²) in [5.74, 6) is -0.374. The van der Waals surface area contributed by atoms with Gasteiger partial charge in [0.05, 0.1) is 5.02 Å². The van der Waals surface area contributed by atoms with Crippen molar-refractivity contribution in [1.82, 2.24) is 0 Å². The zero-order chi connectivity index (χ0) is 13.1. The molecule has 0 amide bonds. The largest absolute Gasteiger partial charge is 0.324 e. The van der Waals surface area contributed by atoms with E-state index in [1.807, 2.05) is 24.3 Å². The van der Waals surface area contributed by atoms with E-state index in [-0.39, 0.29) is 16.9 Å². The van der Waals surface area contributed by atoms with Crippen LogP contribution in [0.5, 0.6) is 0 Å². The summed E-state index contributed by atoms with van der Waals surface area (Å²) in [6.45, 7) is 0. The van der Waals surface area contributed by atoms with Crippen molar-refractivity contribution in [1.29, 1.82) is 0 Å². The van der Waals surface area contributed by atoms with Gasteiger partial charge in [-0.1, -0.05) is 41.9 Å². The number of halogens is 3. The summed E-state index contributed by atoms with van der Waals surface area (Å²) in [6, 6.07) is 12.6. The predicted octanol–water partition coefficient (Wildman–Crippen LogP) is 4.33. The van der Waals surface area contributed by atoms with Gasteiger partial charge in [-0.3, -0.25) is 0 Å². The van der Waals surface area contributed by atoms with E-state index in [9.17, 15) is 4.39 Å². The highest BCUT2D eigenvalue weighted by Crippen LogP contribution is 2.25. The maximum absolute atomic E-state index is 13.8. The Balaban J connectivity index is 2.24. The highest BCUT2D eigenvalue weighted by Gasteiger charge is 2.13. The zero-order valence-electron chi connectivity index (χ0n) is 9.54. The van der Waals surface area contributed by atoms with Crippen LogP contribution in [-0.4, -0.2) is 0 Å². The summed E-state index contributed by atoms with van der Waals surface area (Å²) >= 11 is 7.99. The monoisotopic (exact) mass is 375 g/mol. The highest BCUT2D eigenvalue weighted by molar-refractivity contribution is 14.1. The molecule has 0 aliphatic rings. The summed E-state index contributed by atoms with van der Waals surface area (Å²) in [4.78, 5) is 0. The van der Waals surface area contributed by atoms with Crippen LogP contribution in [0.25, 0.3) is 0 Å². The van der Waals surface area contributed by atoms with Crippen molar-refractivity contribution in [2.45, 2.75) is 12.5 Å². The number of hydrogen-bond acceptors (Lipinski definition) is 1. The molecule has 1 unspecified atom stereocenters. The first kappa shape index (κ1) is 13.8. The number of rotatable bonds is 3. The van der Waals surface area contributed by atoms with Crippen molar-refractivity contribution < 1.29 is 4.39 Å². The van der Waals surface area contributed by atoms with E-state index in [4.69, 9.17) is 17.3 Å². The second kappa shape index (κ2) is 5.99. The van der Waals surface area contributed by atoms with Crippen molar-refractivity contribution in [3.63, 3.8) is 0 Å². The molecule has 4 heteroatoms. The standard InChI is InChI=1S/C14H12ClFIN/c15-11-6-3-4-9(14(11)16)8-13(18)10-5-1-2-7-12(10)17/h1-7,13H,8,18H2. The summed E-state index contributed by atoms with van der Waals surface area (Å²) in [5, 5.41) is 0.141. The van der Waals surface area contributed by atoms with Crippen LogP contribution in [0.4, 0.5) is 4.39 Å². The van der Waals surface area contributed by atoms with Crippen LogP contribution < -0.4 is 5.73 Å². The van der Waals surface area contributed by atoms with Crippen LogP contribution in [0.3, 0.4) is 0 Å². The van der Waals surface area contributed by atoms with Crippen LogP contribution in [0.1, 0.15) is 17.2 Å². The first-order valence-electron chi connectivity index (χ1n) is 5.52. The van der Waals surface area contributed by atoms with E-state index in [0.29, 0.717) is 12.0 Å². The fraction of sp³-hybridized carbons (Fsp3) is 0.143. The molecule has 0 fully saturated rings. The Morgan fingerprint density at radius 3 is 2.61 bits per heavy atom. The summed E-state index contributed by atoms with van der Waals surface area (Å²) in [5.41, 5.74) is 7.71. The molecule has 0 aliphatic heterocycles. The van der Waals surface area contributed by atoms with Gasteiger partial charge in [0.15, 0.2) is 0 Å². The Bertz CT molecular complexity index is 559. The molecule has 0 radical (unpaired) electrons. The average Bonchev–Trinajstić information content (AvgIpc) is 2.35. The minimum atomic E-state index is -0.374. The lowest BCUT2D eigenvalue weighted by Crippen LogP contribution is -2.15. The Labute approximate surface area is 124 Å². The molecular formula is C14H12ClFIN. The molecule has 2 aromatic rings. The van der Waals surface area contributed by atoms with Crippen molar-refractivity contribution in [2.75, 3.05) is 0 Å². The van der Waals surface area contributed by atoms with E-state index < -0.39 is 0 Å². The lowest BCUT2D eigenvalue weighted by atomic mass is 9.99. The fourth-order valence-corrected chi connectivity index (χ4v) is 2.81. The van der Waals surface area contributed by atoms with Gasteiger partial charge in [0.25, 0.3) is 0 Å². The Morgan fingerprint density at radius 2 is 1.89 bits per heavy atom. The number of benzene rings is 2. The molecule has 0 aliphatic carbocycles. The SMILES string of the molecule is NC(Cc1cccc(Cl)c1F)c1ccccc1I. The van der Waals surface area contributed by atoms with Gasteiger partial charge >= 0.3 is 0 Å². The van der Waals surface area contributed by atoms with Crippen molar-refractivity contribution >= 4 is 34.2 Å². The van der Waals surface area contributed by atoms with Crippen molar-refractivity contribution in [3.8, 4) is 0 Å². The normalized spacial score (nSPS) is 12.4. The first-order chi connectivity index (χ1) is 8.59. The minimum Gasteiger partial charge on any atom is -0.324 e. The smallest absolute Gasteiger partial charge is 0.145 e. The van der Waals surface area contributed by atoms with Gasteiger partial charge in [-0.2, -0.15) is 0 Å². The molecule has 0 bridgehead atoms. The van der Waals surface area contributed by atoms with Gasteiger partial charge in [0.2, 0.25) is 0 Å². The Kier molecular flexibility index (Phi) is 4.59. The van der Waals surface area contributed by atoms with Gasteiger partial charge in [-0.05, 0) is 52.3 Å². The van der Waals surface area contributed by atoms with Crippen molar-refractivity contribution in [3.05, 3.63) is 68.0 Å².